The highest BCUT2D eigenvalue weighted by Crippen LogP contribution is 2.29. The molecule has 0 bridgehead atoms. The lowest BCUT2D eigenvalue weighted by Gasteiger charge is -2.18. The van der Waals surface area contributed by atoms with E-state index in [1.807, 2.05) is 6.07 Å². The van der Waals surface area contributed by atoms with Crippen molar-refractivity contribution < 1.29 is 0 Å². The van der Waals surface area contributed by atoms with Crippen LogP contribution in [-0.4, -0.2) is 0 Å². The zero-order valence-electron chi connectivity index (χ0n) is 16.2. The fraction of sp³-hybridized carbons (Fsp3) is 0.391. The smallest absolute Gasteiger partial charge is 0.0444 e. The molecular formula is C23H30ClN. The van der Waals surface area contributed by atoms with Crippen LogP contribution in [0.5, 0.6) is 0 Å². The van der Waals surface area contributed by atoms with Gasteiger partial charge in [-0.3, -0.25) is 0 Å². The monoisotopic (exact) mass is 355 g/mol. The maximum absolute atomic E-state index is 6.51. The van der Waals surface area contributed by atoms with Crippen molar-refractivity contribution >= 4 is 23.0 Å². The van der Waals surface area contributed by atoms with Crippen LogP contribution >= 0.6 is 11.6 Å². The molecule has 0 aromatic heterocycles. The minimum Gasteiger partial charge on any atom is -0.356 e. The van der Waals surface area contributed by atoms with Crippen molar-refractivity contribution in [2.24, 2.45) is 5.92 Å². The summed E-state index contributed by atoms with van der Waals surface area (Å²) >= 11 is 6.51. The average Bonchev–Trinajstić information content (AvgIpc) is 2.59. The van der Waals surface area contributed by atoms with E-state index in [1.165, 1.54) is 35.1 Å². The molecule has 2 rings (SSSR count). The van der Waals surface area contributed by atoms with Gasteiger partial charge in [0.2, 0.25) is 0 Å². The summed E-state index contributed by atoms with van der Waals surface area (Å²) < 4.78 is 0. The van der Waals surface area contributed by atoms with Crippen molar-refractivity contribution in [3.8, 4) is 0 Å². The van der Waals surface area contributed by atoms with Gasteiger partial charge in [-0.05, 0) is 85.2 Å². The van der Waals surface area contributed by atoms with E-state index in [1.54, 1.807) is 0 Å². The third-order valence-electron chi connectivity index (χ3n) is 5.27. The summed E-state index contributed by atoms with van der Waals surface area (Å²) in [5, 5.41) is 4.25. The Kier molecular flexibility index (Phi) is 6.72. The van der Waals surface area contributed by atoms with Crippen LogP contribution in [0.1, 0.15) is 54.5 Å². The maximum Gasteiger partial charge on any atom is 0.0444 e. The first-order valence-electron chi connectivity index (χ1n) is 9.18. The number of aryl methyl sites for hydroxylation is 2. The molecular weight excluding hydrogens is 326 g/mol. The Hall–Kier alpha value is -1.73. The Morgan fingerprint density at radius 2 is 1.72 bits per heavy atom. The molecule has 2 aromatic carbocycles. The number of halogens is 1. The van der Waals surface area contributed by atoms with E-state index >= 15 is 0 Å². The molecule has 0 amide bonds. The van der Waals surface area contributed by atoms with E-state index in [-0.39, 0.29) is 0 Å². The fourth-order valence-electron chi connectivity index (χ4n) is 3.08. The zero-order chi connectivity index (χ0) is 18.6. The molecule has 0 fully saturated rings. The summed E-state index contributed by atoms with van der Waals surface area (Å²) in [7, 11) is 0. The zero-order valence-corrected chi connectivity index (χ0v) is 16.9. The summed E-state index contributed by atoms with van der Waals surface area (Å²) in [5.41, 5.74) is 8.10. The molecule has 2 heteroatoms. The summed E-state index contributed by atoms with van der Waals surface area (Å²) in [6, 6.07) is 10.6. The highest BCUT2D eigenvalue weighted by molar-refractivity contribution is 6.31. The van der Waals surface area contributed by atoms with Gasteiger partial charge in [0, 0.05) is 16.4 Å². The van der Waals surface area contributed by atoms with Crippen molar-refractivity contribution in [3.05, 3.63) is 69.8 Å². The lowest BCUT2D eigenvalue weighted by atomic mass is 9.91. The quantitative estimate of drug-likeness (QED) is 0.548. The molecule has 134 valence electrons. The summed E-state index contributed by atoms with van der Waals surface area (Å²) in [6.07, 6.45) is 3.46. The van der Waals surface area contributed by atoms with Gasteiger partial charge in [0.1, 0.15) is 0 Å². The summed E-state index contributed by atoms with van der Waals surface area (Å²) in [5.74, 6) is 0.700. The minimum absolute atomic E-state index is 0.700. The fourth-order valence-corrected chi connectivity index (χ4v) is 3.31. The third-order valence-corrected chi connectivity index (χ3v) is 5.66. The largest absolute Gasteiger partial charge is 0.356 e. The van der Waals surface area contributed by atoms with Crippen molar-refractivity contribution in [3.63, 3.8) is 0 Å². The van der Waals surface area contributed by atoms with Crippen LogP contribution in [0.15, 0.2) is 36.9 Å². The van der Waals surface area contributed by atoms with Gasteiger partial charge in [-0.25, -0.2) is 0 Å². The van der Waals surface area contributed by atoms with Gasteiger partial charge in [0.15, 0.2) is 0 Å². The van der Waals surface area contributed by atoms with E-state index in [9.17, 15) is 0 Å². The SMILES string of the molecule is C=C(Nc1ccc(C)c(C)c1)c1cc(Cl)c(C)c(CC(CC)CC)c1. The van der Waals surface area contributed by atoms with E-state index in [2.05, 4.69) is 70.8 Å². The standard InChI is InChI=1S/C23H30ClN/c1-7-19(8-2)12-20-13-21(14-23(24)17(20)5)18(6)25-22-10-9-15(3)16(4)11-22/h9-11,13-14,19,25H,6-8,12H2,1-5H3. The Morgan fingerprint density at radius 3 is 2.32 bits per heavy atom. The number of rotatable bonds is 7. The molecule has 0 spiro atoms. The molecule has 0 aliphatic rings. The second kappa shape index (κ2) is 8.58. The van der Waals surface area contributed by atoms with E-state index < -0.39 is 0 Å². The Bertz CT molecular complexity index is 757. The first-order valence-corrected chi connectivity index (χ1v) is 9.56. The second-order valence-electron chi connectivity index (χ2n) is 7.03. The first-order chi connectivity index (χ1) is 11.8. The number of hydrogen-bond acceptors (Lipinski definition) is 1. The van der Waals surface area contributed by atoms with E-state index in [0.717, 1.165) is 28.4 Å². The molecule has 0 radical (unpaired) electrons. The molecule has 0 aliphatic carbocycles. The number of nitrogens with one attached hydrogen (secondary N) is 1. The van der Waals surface area contributed by atoms with Gasteiger partial charge in [0.05, 0.1) is 0 Å². The van der Waals surface area contributed by atoms with E-state index in [0.29, 0.717) is 5.92 Å². The molecule has 0 atom stereocenters. The average molecular weight is 356 g/mol. The van der Waals surface area contributed by atoms with Gasteiger partial charge in [0.25, 0.3) is 0 Å². The van der Waals surface area contributed by atoms with Gasteiger partial charge >= 0.3 is 0 Å². The van der Waals surface area contributed by atoms with Crippen LogP contribution < -0.4 is 5.32 Å². The van der Waals surface area contributed by atoms with Crippen molar-refractivity contribution in [1.29, 1.82) is 0 Å². The van der Waals surface area contributed by atoms with Gasteiger partial charge in [-0.1, -0.05) is 50.9 Å². The van der Waals surface area contributed by atoms with Crippen molar-refractivity contribution in [1.82, 2.24) is 0 Å². The van der Waals surface area contributed by atoms with E-state index in [4.69, 9.17) is 11.6 Å². The lowest BCUT2D eigenvalue weighted by Crippen LogP contribution is -2.05. The highest BCUT2D eigenvalue weighted by Gasteiger charge is 2.12. The molecule has 0 heterocycles. The molecule has 0 aliphatic heterocycles. The van der Waals surface area contributed by atoms with Crippen molar-refractivity contribution in [2.75, 3.05) is 5.32 Å². The Morgan fingerprint density at radius 1 is 1.04 bits per heavy atom. The van der Waals surface area contributed by atoms with Crippen LogP contribution in [0, 0.1) is 26.7 Å². The predicted octanol–water partition coefficient (Wildman–Crippen LogP) is 7.33. The Balaban J connectivity index is 2.26. The van der Waals surface area contributed by atoms with Crippen LogP contribution in [0.3, 0.4) is 0 Å². The van der Waals surface area contributed by atoms with Gasteiger partial charge in [-0.2, -0.15) is 0 Å². The topological polar surface area (TPSA) is 12.0 Å². The molecule has 0 saturated carbocycles. The third kappa shape index (κ3) is 4.89. The summed E-state index contributed by atoms with van der Waals surface area (Å²) in [6.45, 7) is 15.1. The molecule has 25 heavy (non-hydrogen) atoms. The van der Waals surface area contributed by atoms with Gasteiger partial charge < -0.3 is 5.32 Å². The van der Waals surface area contributed by atoms with Crippen molar-refractivity contribution in [2.45, 2.75) is 53.9 Å². The van der Waals surface area contributed by atoms with Crippen LogP contribution in [0.2, 0.25) is 5.02 Å². The van der Waals surface area contributed by atoms with Crippen LogP contribution in [0.25, 0.3) is 5.70 Å². The van der Waals surface area contributed by atoms with Crippen LogP contribution in [0.4, 0.5) is 5.69 Å². The normalized spacial score (nSPS) is 11.0. The molecule has 0 unspecified atom stereocenters. The molecule has 2 aromatic rings. The minimum atomic E-state index is 0.700. The number of anilines is 1. The molecule has 1 N–H and O–H groups in total. The molecule has 0 saturated heterocycles. The summed E-state index contributed by atoms with van der Waals surface area (Å²) in [4.78, 5) is 0. The molecule has 1 nitrogen and oxygen atoms in total. The maximum atomic E-state index is 6.51. The highest BCUT2D eigenvalue weighted by atomic mass is 35.5. The second-order valence-corrected chi connectivity index (χ2v) is 7.44. The predicted molar refractivity (Wildman–Crippen MR) is 113 cm³/mol. The lowest BCUT2D eigenvalue weighted by molar-refractivity contribution is 0.489. The first kappa shape index (κ1) is 19.6. The van der Waals surface area contributed by atoms with Crippen LogP contribution in [-0.2, 0) is 6.42 Å². The number of hydrogen-bond donors (Lipinski definition) is 1. The Labute approximate surface area is 158 Å². The number of benzene rings is 2. The van der Waals surface area contributed by atoms with Gasteiger partial charge in [-0.15, -0.1) is 0 Å².